The summed E-state index contributed by atoms with van der Waals surface area (Å²) in [4.78, 5) is 4.28. The van der Waals surface area contributed by atoms with Crippen molar-refractivity contribution in [3.63, 3.8) is 0 Å². The Morgan fingerprint density at radius 3 is 2.73 bits per heavy atom. The van der Waals surface area contributed by atoms with Gasteiger partial charge in [0.05, 0.1) is 6.10 Å². The topological polar surface area (TPSA) is 54.9 Å². The molecule has 0 bridgehead atoms. The summed E-state index contributed by atoms with van der Waals surface area (Å²) in [6.07, 6.45) is 8.51. The molecule has 0 aliphatic carbocycles. The SMILES string of the molecule is CCCCCC(C)NC(=NC)NCCCOC1CCOCC1. The van der Waals surface area contributed by atoms with Crippen LogP contribution in [0.25, 0.3) is 0 Å². The van der Waals surface area contributed by atoms with Crippen molar-refractivity contribution < 1.29 is 9.47 Å². The number of ether oxygens (including phenoxy) is 2. The second-order valence-electron chi connectivity index (χ2n) is 6.08. The second kappa shape index (κ2) is 12.7. The van der Waals surface area contributed by atoms with Crippen LogP contribution < -0.4 is 10.6 Å². The third-order valence-electron chi connectivity index (χ3n) is 3.98. The van der Waals surface area contributed by atoms with Gasteiger partial charge in [0.15, 0.2) is 5.96 Å². The lowest BCUT2D eigenvalue weighted by Gasteiger charge is -2.22. The van der Waals surface area contributed by atoms with Crippen molar-refractivity contribution in [2.45, 2.75) is 70.9 Å². The highest BCUT2D eigenvalue weighted by Gasteiger charge is 2.13. The summed E-state index contributed by atoms with van der Waals surface area (Å²) < 4.78 is 11.2. The molecule has 0 aromatic rings. The number of unbranched alkanes of at least 4 members (excludes halogenated alkanes) is 2. The van der Waals surface area contributed by atoms with E-state index in [1.807, 2.05) is 7.05 Å². The maximum atomic E-state index is 5.86. The van der Waals surface area contributed by atoms with Crippen LogP contribution in [-0.4, -0.2) is 51.5 Å². The molecule has 2 N–H and O–H groups in total. The molecule has 1 rings (SSSR count). The molecule has 1 saturated heterocycles. The van der Waals surface area contributed by atoms with Gasteiger partial charge >= 0.3 is 0 Å². The molecule has 0 amide bonds. The zero-order valence-corrected chi connectivity index (χ0v) is 14.7. The van der Waals surface area contributed by atoms with E-state index in [-0.39, 0.29) is 0 Å². The largest absolute Gasteiger partial charge is 0.381 e. The molecule has 0 radical (unpaired) electrons. The first kappa shape index (κ1) is 19.2. The molecule has 130 valence electrons. The van der Waals surface area contributed by atoms with Crippen LogP contribution in [0.3, 0.4) is 0 Å². The molecule has 1 atom stereocenters. The van der Waals surface area contributed by atoms with Crippen LogP contribution in [0.1, 0.15) is 58.8 Å². The van der Waals surface area contributed by atoms with E-state index in [2.05, 4.69) is 29.5 Å². The van der Waals surface area contributed by atoms with Crippen LogP contribution in [0.5, 0.6) is 0 Å². The lowest BCUT2D eigenvalue weighted by atomic mass is 10.1. The Morgan fingerprint density at radius 2 is 2.05 bits per heavy atom. The molecule has 5 nitrogen and oxygen atoms in total. The first-order chi connectivity index (χ1) is 10.8. The molecule has 1 aliphatic rings. The number of aliphatic imine (C=N–C) groups is 1. The first-order valence-corrected chi connectivity index (χ1v) is 8.92. The van der Waals surface area contributed by atoms with Crippen LogP contribution in [0.4, 0.5) is 0 Å². The average molecular weight is 313 g/mol. The van der Waals surface area contributed by atoms with Gasteiger partial charge in [-0.1, -0.05) is 26.2 Å². The highest BCUT2D eigenvalue weighted by molar-refractivity contribution is 5.79. The number of rotatable bonds is 10. The number of nitrogens with one attached hydrogen (secondary N) is 2. The van der Waals surface area contributed by atoms with Gasteiger partial charge in [-0.2, -0.15) is 0 Å². The van der Waals surface area contributed by atoms with Gasteiger partial charge in [-0.3, -0.25) is 4.99 Å². The lowest BCUT2D eigenvalue weighted by Crippen LogP contribution is -2.42. The van der Waals surface area contributed by atoms with Gasteiger partial charge in [0.1, 0.15) is 0 Å². The van der Waals surface area contributed by atoms with E-state index in [1.54, 1.807) is 0 Å². The van der Waals surface area contributed by atoms with Gasteiger partial charge in [-0.05, 0) is 32.6 Å². The van der Waals surface area contributed by atoms with Crippen LogP contribution in [0, 0.1) is 0 Å². The summed E-state index contributed by atoms with van der Waals surface area (Å²) in [5.74, 6) is 0.898. The zero-order valence-electron chi connectivity index (χ0n) is 14.7. The molecular formula is C17H35N3O2. The zero-order chi connectivity index (χ0) is 16.0. The van der Waals surface area contributed by atoms with Crippen molar-refractivity contribution in [1.29, 1.82) is 0 Å². The Kier molecular flexibility index (Phi) is 11.1. The Morgan fingerprint density at radius 1 is 1.27 bits per heavy atom. The summed E-state index contributed by atoms with van der Waals surface area (Å²) in [7, 11) is 1.83. The van der Waals surface area contributed by atoms with Crippen molar-refractivity contribution in [1.82, 2.24) is 10.6 Å². The van der Waals surface area contributed by atoms with Gasteiger partial charge in [0.2, 0.25) is 0 Å². The van der Waals surface area contributed by atoms with Crippen LogP contribution in [0.2, 0.25) is 0 Å². The summed E-state index contributed by atoms with van der Waals surface area (Å²) in [5, 5.41) is 6.81. The Hall–Kier alpha value is -0.810. The lowest BCUT2D eigenvalue weighted by molar-refractivity contribution is -0.0320. The fraction of sp³-hybridized carbons (Fsp3) is 0.941. The van der Waals surface area contributed by atoms with E-state index in [0.717, 1.165) is 51.6 Å². The number of nitrogens with zero attached hydrogens (tertiary/aromatic N) is 1. The molecule has 0 aromatic carbocycles. The maximum Gasteiger partial charge on any atom is 0.191 e. The Labute approximate surface area is 136 Å². The minimum absolute atomic E-state index is 0.393. The van der Waals surface area contributed by atoms with Crippen LogP contribution >= 0.6 is 0 Å². The molecule has 1 heterocycles. The smallest absolute Gasteiger partial charge is 0.191 e. The normalized spacial score (nSPS) is 18.2. The average Bonchev–Trinajstić information content (AvgIpc) is 2.54. The van der Waals surface area contributed by atoms with Crippen molar-refractivity contribution >= 4 is 5.96 Å². The fourth-order valence-corrected chi connectivity index (χ4v) is 2.57. The van der Waals surface area contributed by atoms with Crippen LogP contribution in [-0.2, 0) is 9.47 Å². The summed E-state index contributed by atoms with van der Waals surface area (Å²) in [5.41, 5.74) is 0. The van der Waals surface area contributed by atoms with Gasteiger partial charge in [0, 0.05) is 39.5 Å². The van der Waals surface area contributed by atoms with Gasteiger partial charge < -0.3 is 20.1 Å². The third kappa shape index (κ3) is 9.26. The van der Waals surface area contributed by atoms with E-state index < -0.39 is 0 Å². The van der Waals surface area contributed by atoms with E-state index in [0.29, 0.717) is 12.1 Å². The monoisotopic (exact) mass is 313 g/mol. The molecule has 0 spiro atoms. The van der Waals surface area contributed by atoms with Crippen molar-refractivity contribution in [3.8, 4) is 0 Å². The van der Waals surface area contributed by atoms with Gasteiger partial charge in [-0.25, -0.2) is 0 Å². The summed E-state index contributed by atoms with van der Waals surface area (Å²) in [6.45, 7) is 7.84. The molecular weight excluding hydrogens is 278 g/mol. The number of hydrogen-bond acceptors (Lipinski definition) is 3. The van der Waals surface area contributed by atoms with Crippen molar-refractivity contribution in [2.24, 2.45) is 4.99 Å². The fourth-order valence-electron chi connectivity index (χ4n) is 2.57. The molecule has 1 fully saturated rings. The summed E-state index contributed by atoms with van der Waals surface area (Å²) >= 11 is 0. The first-order valence-electron chi connectivity index (χ1n) is 8.92. The minimum Gasteiger partial charge on any atom is -0.381 e. The number of hydrogen-bond donors (Lipinski definition) is 2. The van der Waals surface area contributed by atoms with Crippen molar-refractivity contribution in [3.05, 3.63) is 0 Å². The quantitative estimate of drug-likeness (QED) is 0.370. The third-order valence-corrected chi connectivity index (χ3v) is 3.98. The maximum absolute atomic E-state index is 5.86. The van der Waals surface area contributed by atoms with Crippen molar-refractivity contribution in [2.75, 3.05) is 33.4 Å². The summed E-state index contributed by atoms with van der Waals surface area (Å²) in [6, 6.07) is 0.469. The predicted octanol–water partition coefficient (Wildman–Crippen LogP) is 2.71. The molecule has 0 aromatic heterocycles. The van der Waals surface area contributed by atoms with E-state index in [4.69, 9.17) is 9.47 Å². The van der Waals surface area contributed by atoms with E-state index in [9.17, 15) is 0 Å². The Balaban J connectivity index is 2.03. The Bertz CT molecular complexity index is 292. The number of guanidine groups is 1. The molecule has 0 saturated carbocycles. The molecule has 22 heavy (non-hydrogen) atoms. The predicted molar refractivity (Wildman–Crippen MR) is 92.5 cm³/mol. The molecule has 1 unspecified atom stereocenters. The second-order valence-corrected chi connectivity index (χ2v) is 6.08. The van der Waals surface area contributed by atoms with E-state index in [1.165, 1.54) is 25.7 Å². The minimum atomic E-state index is 0.393. The van der Waals surface area contributed by atoms with E-state index >= 15 is 0 Å². The standard InChI is InChI=1S/C17H35N3O2/c1-4-5-6-8-15(2)20-17(18-3)19-11-7-12-22-16-9-13-21-14-10-16/h15-16H,4-14H2,1-3H3,(H2,18,19,20). The molecule has 5 heteroatoms. The van der Waals surface area contributed by atoms with Gasteiger partial charge in [-0.15, -0.1) is 0 Å². The highest BCUT2D eigenvalue weighted by atomic mass is 16.5. The highest BCUT2D eigenvalue weighted by Crippen LogP contribution is 2.10. The van der Waals surface area contributed by atoms with Gasteiger partial charge in [0.25, 0.3) is 0 Å². The van der Waals surface area contributed by atoms with Crippen LogP contribution in [0.15, 0.2) is 4.99 Å². The molecule has 1 aliphatic heterocycles.